The Morgan fingerprint density at radius 1 is 1.00 bits per heavy atom. The molecule has 3 rings (SSSR count). The highest BCUT2D eigenvalue weighted by atomic mass is 35.5. The molecule has 0 spiro atoms. The Balaban J connectivity index is 1.63. The van der Waals surface area contributed by atoms with Gasteiger partial charge in [0.05, 0.1) is 11.6 Å². The molecular formula is C20H14ClNO2. The van der Waals surface area contributed by atoms with Gasteiger partial charge in [0.25, 0.3) is 5.91 Å². The molecule has 24 heavy (non-hydrogen) atoms. The molecule has 2 aromatic carbocycles. The zero-order valence-electron chi connectivity index (χ0n) is 12.8. The fourth-order valence-corrected chi connectivity index (χ4v) is 2.37. The van der Waals surface area contributed by atoms with Crippen LogP contribution in [0.4, 0.5) is 0 Å². The van der Waals surface area contributed by atoms with Gasteiger partial charge in [-0.3, -0.25) is 4.79 Å². The highest BCUT2D eigenvalue weighted by Gasteiger charge is 2.12. The van der Waals surface area contributed by atoms with Gasteiger partial charge in [0.2, 0.25) is 0 Å². The van der Waals surface area contributed by atoms with Crippen molar-refractivity contribution in [2.75, 3.05) is 6.54 Å². The summed E-state index contributed by atoms with van der Waals surface area (Å²) in [5, 5.41) is 3.29. The van der Waals surface area contributed by atoms with Crippen LogP contribution in [-0.2, 0) is 0 Å². The van der Waals surface area contributed by atoms with Crippen LogP contribution in [0, 0.1) is 11.8 Å². The molecule has 0 unspecified atom stereocenters. The number of amides is 1. The van der Waals surface area contributed by atoms with Crippen LogP contribution in [0.1, 0.15) is 16.1 Å². The Hall–Kier alpha value is -2.96. The molecule has 0 saturated carbocycles. The molecule has 3 nitrogen and oxygen atoms in total. The summed E-state index contributed by atoms with van der Waals surface area (Å²) in [6, 6.07) is 20.3. The van der Waals surface area contributed by atoms with Crippen LogP contribution in [-0.4, -0.2) is 12.5 Å². The van der Waals surface area contributed by atoms with Crippen LogP contribution >= 0.6 is 11.6 Å². The highest BCUT2D eigenvalue weighted by Crippen LogP contribution is 2.28. The predicted octanol–water partition coefficient (Wildman–Crippen LogP) is 4.38. The zero-order valence-corrected chi connectivity index (χ0v) is 13.5. The van der Waals surface area contributed by atoms with E-state index >= 15 is 0 Å². The summed E-state index contributed by atoms with van der Waals surface area (Å²) in [5.41, 5.74) is 1.66. The summed E-state index contributed by atoms with van der Waals surface area (Å²) in [7, 11) is 0. The molecule has 1 amide bonds. The SMILES string of the molecule is O=C(NCC#Cc1ccccc1)c1ccc(-c2ccccc2Cl)o1. The van der Waals surface area contributed by atoms with Crippen LogP contribution in [0.15, 0.2) is 71.1 Å². The first kappa shape index (κ1) is 15.9. The van der Waals surface area contributed by atoms with Gasteiger partial charge in [0.15, 0.2) is 5.76 Å². The van der Waals surface area contributed by atoms with E-state index in [1.807, 2.05) is 48.5 Å². The maximum atomic E-state index is 12.1. The number of hydrogen-bond acceptors (Lipinski definition) is 2. The van der Waals surface area contributed by atoms with E-state index < -0.39 is 0 Å². The van der Waals surface area contributed by atoms with Crippen LogP contribution in [0.2, 0.25) is 5.02 Å². The number of nitrogens with one attached hydrogen (secondary N) is 1. The van der Waals surface area contributed by atoms with E-state index in [9.17, 15) is 4.79 Å². The van der Waals surface area contributed by atoms with Gasteiger partial charge in [-0.2, -0.15) is 0 Å². The Bertz CT molecular complexity index is 904. The third-order valence-corrected chi connectivity index (χ3v) is 3.64. The van der Waals surface area contributed by atoms with E-state index in [2.05, 4.69) is 17.2 Å². The van der Waals surface area contributed by atoms with Gasteiger partial charge >= 0.3 is 0 Å². The maximum absolute atomic E-state index is 12.1. The van der Waals surface area contributed by atoms with E-state index in [4.69, 9.17) is 16.0 Å². The number of halogens is 1. The van der Waals surface area contributed by atoms with Crippen molar-refractivity contribution in [2.45, 2.75) is 0 Å². The number of rotatable bonds is 3. The average molecular weight is 336 g/mol. The minimum Gasteiger partial charge on any atom is -0.451 e. The van der Waals surface area contributed by atoms with Crippen molar-refractivity contribution in [2.24, 2.45) is 0 Å². The van der Waals surface area contributed by atoms with Crippen molar-refractivity contribution >= 4 is 17.5 Å². The number of furan rings is 1. The van der Waals surface area contributed by atoms with Crippen molar-refractivity contribution in [3.63, 3.8) is 0 Å². The van der Waals surface area contributed by atoms with Crippen molar-refractivity contribution in [3.8, 4) is 23.2 Å². The molecule has 0 saturated heterocycles. The topological polar surface area (TPSA) is 42.2 Å². The Kier molecular flexibility index (Phi) is 5.00. The molecule has 0 bridgehead atoms. The largest absolute Gasteiger partial charge is 0.451 e. The lowest BCUT2D eigenvalue weighted by Crippen LogP contribution is -2.22. The summed E-state index contributed by atoms with van der Waals surface area (Å²) in [6.07, 6.45) is 0. The first-order valence-corrected chi connectivity index (χ1v) is 7.79. The molecule has 1 N–H and O–H groups in total. The molecule has 3 aromatic rings. The molecule has 0 radical (unpaired) electrons. The second kappa shape index (κ2) is 7.54. The van der Waals surface area contributed by atoms with Crippen LogP contribution < -0.4 is 5.32 Å². The third kappa shape index (κ3) is 3.87. The van der Waals surface area contributed by atoms with Gasteiger partial charge in [-0.1, -0.05) is 53.8 Å². The minimum atomic E-state index is -0.310. The molecule has 0 atom stereocenters. The molecule has 118 valence electrons. The average Bonchev–Trinajstić information content (AvgIpc) is 3.10. The van der Waals surface area contributed by atoms with Crippen molar-refractivity contribution in [3.05, 3.63) is 83.1 Å². The molecule has 0 fully saturated rings. The van der Waals surface area contributed by atoms with Crippen molar-refractivity contribution in [1.29, 1.82) is 0 Å². The van der Waals surface area contributed by atoms with Crippen molar-refractivity contribution in [1.82, 2.24) is 5.32 Å². The van der Waals surface area contributed by atoms with Gasteiger partial charge < -0.3 is 9.73 Å². The Labute approximate surface area is 145 Å². The molecule has 0 aliphatic heterocycles. The van der Waals surface area contributed by atoms with E-state index in [1.165, 1.54) is 0 Å². The second-order valence-corrected chi connectivity index (χ2v) is 5.40. The quantitative estimate of drug-likeness (QED) is 0.722. The minimum absolute atomic E-state index is 0.228. The lowest BCUT2D eigenvalue weighted by molar-refractivity contribution is 0.0932. The zero-order chi connectivity index (χ0) is 16.8. The van der Waals surface area contributed by atoms with E-state index in [1.54, 1.807) is 18.2 Å². The monoisotopic (exact) mass is 335 g/mol. The Morgan fingerprint density at radius 3 is 2.54 bits per heavy atom. The summed E-state index contributed by atoms with van der Waals surface area (Å²) in [5.74, 6) is 6.36. The van der Waals surface area contributed by atoms with Gasteiger partial charge in [0.1, 0.15) is 5.76 Å². The van der Waals surface area contributed by atoms with Gasteiger partial charge in [-0.15, -0.1) is 0 Å². The summed E-state index contributed by atoms with van der Waals surface area (Å²) in [4.78, 5) is 12.1. The second-order valence-electron chi connectivity index (χ2n) is 4.99. The standard InChI is InChI=1S/C20H14ClNO2/c21-17-11-5-4-10-16(17)18-12-13-19(24-18)20(23)22-14-6-9-15-7-2-1-3-8-15/h1-5,7-8,10-13H,14H2,(H,22,23). The molecule has 0 aliphatic carbocycles. The molecule has 0 aliphatic rings. The number of benzene rings is 2. The molecular weight excluding hydrogens is 322 g/mol. The first-order chi connectivity index (χ1) is 11.7. The summed E-state index contributed by atoms with van der Waals surface area (Å²) in [6.45, 7) is 0.246. The fourth-order valence-electron chi connectivity index (χ4n) is 2.15. The van der Waals surface area contributed by atoms with Gasteiger partial charge in [0, 0.05) is 11.1 Å². The molecule has 1 heterocycles. The number of hydrogen-bond donors (Lipinski definition) is 1. The number of carbonyl (C=O) groups excluding carboxylic acids is 1. The highest BCUT2D eigenvalue weighted by molar-refractivity contribution is 6.33. The Morgan fingerprint density at radius 2 is 1.75 bits per heavy atom. The van der Waals surface area contributed by atoms with E-state index in [0.29, 0.717) is 10.8 Å². The molecule has 1 aromatic heterocycles. The van der Waals surface area contributed by atoms with E-state index in [-0.39, 0.29) is 18.2 Å². The summed E-state index contributed by atoms with van der Waals surface area (Å²) >= 11 is 6.13. The van der Waals surface area contributed by atoms with Gasteiger partial charge in [-0.05, 0) is 36.4 Å². The fraction of sp³-hybridized carbons (Fsp3) is 0.0500. The third-order valence-electron chi connectivity index (χ3n) is 3.31. The maximum Gasteiger partial charge on any atom is 0.287 e. The van der Waals surface area contributed by atoms with E-state index in [0.717, 1.165) is 11.1 Å². The lowest BCUT2D eigenvalue weighted by atomic mass is 10.2. The molecule has 4 heteroatoms. The van der Waals surface area contributed by atoms with Crippen LogP contribution in [0.25, 0.3) is 11.3 Å². The predicted molar refractivity (Wildman–Crippen MR) is 94.8 cm³/mol. The first-order valence-electron chi connectivity index (χ1n) is 7.41. The van der Waals surface area contributed by atoms with Crippen LogP contribution in [0.3, 0.4) is 0 Å². The van der Waals surface area contributed by atoms with Crippen LogP contribution in [0.5, 0.6) is 0 Å². The summed E-state index contributed by atoms with van der Waals surface area (Å²) < 4.78 is 5.58. The normalized spacial score (nSPS) is 9.88. The van der Waals surface area contributed by atoms with Crippen molar-refractivity contribution < 1.29 is 9.21 Å². The lowest BCUT2D eigenvalue weighted by Gasteiger charge is -2.00. The number of carbonyl (C=O) groups is 1. The smallest absolute Gasteiger partial charge is 0.287 e. The van der Waals surface area contributed by atoms with Gasteiger partial charge in [-0.25, -0.2) is 0 Å².